The van der Waals surface area contributed by atoms with Crippen LogP contribution < -0.4 is 0 Å². The molecule has 0 amide bonds. The van der Waals surface area contributed by atoms with Gasteiger partial charge in [0.2, 0.25) is 0 Å². The van der Waals surface area contributed by atoms with Crippen LogP contribution >= 0.6 is 0 Å². The van der Waals surface area contributed by atoms with Crippen LogP contribution in [0.15, 0.2) is 0 Å². The molecule has 0 spiro atoms. The highest BCUT2D eigenvalue weighted by atomic mass is 16.4. The average Bonchev–Trinajstić information content (AvgIpc) is 3.09. The lowest BCUT2D eigenvalue weighted by atomic mass is 9.67. The van der Waals surface area contributed by atoms with Gasteiger partial charge in [-0.3, -0.25) is 4.79 Å². The van der Waals surface area contributed by atoms with Gasteiger partial charge in [-0.15, -0.1) is 0 Å². The van der Waals surface area contributed by atoms with Crippen LogP contribution in [0.25, 0.3) is 0 Å². The Labute approximate surface area is 104 Å². The van der Waals surface area contributed by atoms with Crippen molar-refractivity contribution in [2.24, 2.45) is 41.4 Å². The molecule has 0 heterocycles. The molecule has 17 heavy (non-hydrogen) atoms. The fourth-order valence-electron chi connectivity index (χ4n) is 5.85. The van der Waals surface area contributed by atoms with Gasteiger partial charge in [-0.1, -0.05) is 13.8 Å². The van der Waals surface area contributed by atoms with Crippen molar-refractivity contribution in [3.8, 4) is 0 Å². The molecule has 2 heteroatoms. The lowest BCUT2D eigenvalue weighted by molar-refractivity contribution is -0.145. The molecular weight excluding hydrogens is 212 g/mol. The van der Waals surface area contributed by atoms with Gasteiger partial charge < -0.3 is 5.11 Å². The Morgan fingerprint density at radius 2 is 1.59 bits per heavy atom. The second-order valence-electron chi connectivity index (χ2n) is 6.33. The summed E-state index contributed by atoms with van der Waals surface area (Å²) in [5.74, 6) is 4.54. The molecule has 4 aliphatic carbocycles. The third-order valence-corrected chi connectivity index (χ3v) is 6.05. The van der Waals surface area contributed by atoms with Gasteiger partial charge in [0.25, 0.3) is 0 Å². The number of carboxylic acid groups (broad SMARTS) is 1. The van der Waals surface area contributed by atoms with Gasteiger partial charge in [-0.2, -0.15) is 0 Å². The Bertz CT molecular complexity index is 325. The van der Waals surface area contributed by atoms with Crippen molar-refractivity contribution in [2.45, 2.75) is 46.0 Å². The van der Waals surface area contributed by atoms with Crippen LogP contribution in [0.5, 0.6) is 0 Å². The zero-order valence-corrected chi connectivity index (χ0v) is 10.9. The predicted octanol–water partition coefficient (Wildman–Crippen LogP) is 3.42. The minimum Gasteiger partial charge on any atom is -0.481 e. The standard InChI is InChI=1S/C13H18O2.C2H6/c14-13(15)10-5-8-4-9(10)12-7-2-1-6(3-7)11(8)12;1-2/h6-12H,1-5H2,(H,14,15);1-2H3. The SMILES string of the molecule is CC.O=C(O)C1CC2CC1C1C3CCC(C3)C21. The first kappa shape index (κ1) is 11.6. The number of carboxylic acids is 1. The van der Waals surface area contributed by atoms with Gasteiger partial charge in [0.05, 0.1) is 5.92 Å². The molecule has 4 fully saturated rings. The third-order valence-electron chi connectivity index (χ3n) is 6.05. The van der Waals surface area contributed by atoms with E-state index in [1.54, 1.807) is 0 Å². The minimum absolute atomic E-state index is 0.0237. The Morgan fingerprint density at radius 1 is 0.941 bits per heavy atom. The molecule has 0 aromatic carbocycles. The summed E-state index contributed by atoms with van der Waals surface area (Å²) in [4.78, 5) is 11.2. The number of carbonyl (C=O) groups is 1. The average molecular weight is 236 g/mol. The van der Waals surface area contributed by atoms with Gasteiger partial charge >= 0.3 is 5.97 Å². The van der Waals surface area contributed by atoms with Crippen molar-refractivity contribution in [2.75, 3.05) is 0 Å². The highest BCUT2D eigenvalue weighted by molar-refractivity contribution is 5.71. The summed E-state index contributed by atoms with van der Waals surface area (Å²) in [5, 5.41) is 9.23. The Hall–Kier alpha value is -0.530. The predicted molar refractivity (Wildman–Crippen MR) is 66.5 cm³/mol. The molecule has 1 N–H and O–H groups in total. The van der Waals surface area contributed by atoms with E-state index < -0.39 is 5.97 Å². The first-order chi connectivity index (χ1) is 8.25. The Balaban J connectivity index is 0.000000431. The van der Waals surface area contributed by atoms with E-state index in [4.69, 9.17) is 0 Å². The summed E-state index contributed by atoms with van der Waals surface area (Å²) >= 11 is 0. The number of hydrogen-bond donors (Lipinski definition) is 1. The summed E-state index contributed by atoms with van der Waals surface area (Å²) < 4.78 is 0. The lowest BCUT2D eigenvalue weighted by Crippen LogP contribution is -2.35. The van der Waals surface area contributed by atoms with Crippen molar-refractivity contribution in [3.05, 3.63) is 0 Å². The first-order valence-electron chi connectivity index (χ1n) is 7.48. The molecule has 0 aromatic heterocycles. The molecule has 4 saturated carbocycles. The van der Waals surface area contributed by atoms with Crippen LogP contribution in [0.2, 0.25) is 0 Å². The van der Waals surface area contributed by atoms with Crippen molar-refractivity contribution < 1.29 is 9.90 Å². The molecule has 2 nitrogen and oxygen atoms in total. The van der Waals surface area contributed by atoms with Gasteiger partial charge in [-0.05, 0) is 67.6 Å². The van der Waals surface area contributed by atoms with Crippen LogP contribution in [0.4, 0.5) is 0 Å². The zero-order chi connectivity index (χ0) is 12.2. The Kier molecular flexibility index (Phi) is 2.72. The summed E-state index contributed by atoms with van der Waals surface area (Å²) in [6.45, 7) is 4.00. The van der Waals surface area contributed by atoms with E-state index >= 15 is 0 Å². The maximum Gasteiger partial charge on any atom is 0.306 e. The number of rotatable bonds is 1. The maximum atomic E-state index is 11.2. The second kappa shape index (κ2) is 4.00. The second-order valence-corrected chi connectivity index (χ2v) is 6.33. The molecule has 4 rings (SSSR count). The molecule has 7 unspecified atom stereocenters. The third kappa shape index (κ3) is 1.42. The fourth-order valence-corrected chi connectivity index (χ4v) is 5.85. The highest BCUT2D eigenvalue weighted by Gasteiger charge is 2.63. The van der Waals surface area contributed by atoms with Crippen LogP contribution in [0.3, 0.4) is 0 Å². The van der Waals surface area contributed by atoms with Crippen LogP contribution in [-0.2, 0) is 4.79 Å². The smallest absolute Gasteiger partial charge is 0.306 e. The van der Waals surface area contributed by atoms with Crippen LogP contribution in [0.1, 0.15) is 46.0 Å². The van der Waals surface area contributed by atoms with Gasteiger partial charge in [0.1, 0.15) is 0 Å². The van der Waals surface area contributed by atoms with E-state index in [0.29, 0.717) is 5.92 Å². The molecule has 96 valence electrons. The van der Waals surface area contributed by atoms with Crippen molar-refractivity contribution in [1.29, 1.82) is 0 Å². The molecule has 0 aliphatic heterocycles. The van der Waals surface area contributed by atoms with E-state index in [1.165, 1.54) is 25.7 Å². The van der Waals surface area contributed by atoms with Gasteiger partial charge in [-0.25, -0.2) is 0 Å². The van der Waals surface area contributed by atoms with E-state index in [9.17, 15) is 9.90 Å². The van der Waals surface area contributed by atoms with E-state index in [2.05, 4.69) is 0 Å². The number of hydrogen-bond acceptors (Lipinski definition) is 1. The topological polar surface area (TPSA) is 37.3 Å². The molecule has 4 bridgehead atoms. The monoisotopic (exact) mass is 236 g/mol. The van der Waals surface area contributed by atoms with Crippen molar-refractivity contribution in [3.63, 3.8) is 0 Å². The zero-order valence-electron chi connectivity index (χ0n) is 10.9. The molecule has 0 aromatic rings. The van der Waals surface area contributed by atoms with Gasteiger partial charge in [0.15, 0.2) is 0 Å². The van der Waals surface area contributed by atoms with E-state index in [-0.39, 0.29) is 5.92 Å². The summed E-state index contributed by atoms with van der Waals surface area (Å²) in [6.07, 6.45) is 6.55. The van der Waals surface area contributed by atoms with Crippen LogP contribution in [0, 0.1) is 41.4 Å². The molecule has 4 aliphatic rings. The normalized spacial score (nSPS) is 53.2. The summed E-state index contributed by atoms with van der Waals surface area (Å²) in [6, 6.07) is 0. The molecule has 0 saturated heterocycles. The number of fused-ring (bicyclic) bond motifs is 9. The lowest BCUT2D eigenvalue weighted by Gasteiger charge is -2.37. The van der Waals surface area contributed by atoms with Crippen molar-refractivity contribution >= 4 is 5.97 Å². The van der Waals surface area contributed by atoms with Crippen LogP contribution in [-0.4, -0.2) is 11.1 Å². The number of aliphatic carboxylic acids is 1. The van der Waals surface area contributed by atoms with E-state index in [1.807, 2.05) is 13.8 Å². The molecular formula is C15H24O2. The quantitative estimate of drug-likeness (QED) is 0.708. The summed E-state index contributed by atoms with van der Waals surface area (Å²) in [7, 11) is 0. The molecule has 0 radical (unpaired) electrons. The molecule has 7 atom stereocenters. The maximum absolute atomic E-state index is 11.2. The van der Waals surface area contributed by atoms with E-state index in [0.717, 1.165) is 36.0 Å². The highest BCUT2D eigenvalue weighted by Crippen LogP contribution is 2.68. The van der Waals surface area contributed by atoms with Gasteiger partial charge in [0, 0.05) is 0 Å². The largest absolute Gasteiger partial charge is 0.481 e. The Morgan fingerprint density at radius 3 is 2.24 bits per heavy atom. The van der Waals surface area contributed by atoms with Crippen molar-refractivity contribution in [1.82, 2.24) is 0 Å². The first-order valence-corrected chi connectivity index (χ1v) is 7.48. The minimum atomic E-state index is -0.510. The summed E-state index contributed by atoms with van der Waals surface area (Å²) in [5.41, 5.74) is 0. The fraction of sp³-hybridized carbons (Fsp3) is 0.933.